The van der Waals surface area contributed by atoms with Gasteiger partial charge >= 0.3 is 0 Å². The van der Waals surface area contributed by atoms with Crippen LogP contribution in [0.4, 0.5) is 5.69 Å². The quantitative estimate of drug-likeness (QED) is 0.575. The van der Waals surface area contributed by atoms with Crippen LogP contribution >= 0.6 is 11.6 Å². The zero-order valence-electron chi connectivity index (χ0n) is 14.2. The summed E-state index contributed by atoms with van der Waals surface area (Å²) in [4.78, 5) is 12.1. The van der Waals surface area contributed by atoms with Gasteiger partial charge in [0.2, 0.25) is 10.0 Å². The van der Waals surface area contributed by atoms with Gasteiger partial charge in [0.1, 0.15) is 12.3 Å². The Bertz CT molecular complexity index is 916. The average molecular weight is 396 g/mol. The number of hydrogen-bond donors (Lipinski definition) is 1. The van der Waals surface area contributed by atoms with Gasteiger partial charge in [-0.2, -0.15) is 5.10 Å². The molecule has 2 aromatic carbocycles. The van der Waals surface area contributed by atoms with E-state index in [4.69, 9.17) is 16.3 Å². The molecule has 1 N–H and O–H groups in total. The molecule has 0 atom stereocenters. The second-order valence-corrected chi connectivity index (χ2v) is 7.57. The Morgan fingerprint density at radius 2 is 1.88 bits per heavy atom. The normalized spacial score (nSPS) is 11.3. The van der Waals surface area contributed by atoms with Crippen molar-refractivity contribution in [3.05, 3.63) is 59.1 Å². The molecule has 0 aliphatic rings. The molecule has 0 aliphatic heterocycles. The highest BCUT2D eigenvalue weighted by Gasteiger charge is 2.22. The first-order valence-corrected chi connectivity index (χ1v) is 9.72. The summed E-state index contributed by atoms with van der Waals surface area (Å²) >= 11 is 6.04. The van der Waals surface area contributed by atoms with Gasteiger partial charge in [0.25, 0.3) is 5.91 Å². The van der Waals surface area contributed by atoms with Crippen LogP contribution in [0.3, 0.4) is 0 Å². The fourth-order valence-electron chi connectivity index (χ4n) is 2.15. The number of sulfonamides is 1. The highest BCUT2D eigenvalue weighted by molar-refractivity contribution is 7.92. The first-order chi connectivity index (χ1) is 12.3. The number of hydrazone groups is 1. The molecule has 2 rings (SSSR count). The number of hydrogen-bond acceptors (Lipinski definition) is 5. The number of carbonyl (C=O) groups excluding carboxylic acids is 1. The average Bonchev–Trinajstić information content (AvgIpc) is 2.60. The topological polar surface area (TPSA) is 88.1 Å². The standard InChI is InChI=1S/C17H18ClN3O4S/c1-25-16-10-6-3-7-13(16)11-19-20-17(22)12-21(26(2,23)24)15-9-5-4-8-14(15)18/h3-11H,12H2,1-2H3,(H,20,22)/b19-11-. The maximum Gasteiger partial charge on any atom is 0.260 e. The molecule has 0 saturated heterocycles. The molecule has 138 valence electrons. The van der Waals surface area contributed by atoms with E-state index in [1.54, 1.807) is 36.4 Å². The number of amides is 1. The maximum atomic E-state index is 12.1. The molecule has 0 fully saturated rings. The zero-order valence-corrected chi connectivity index (χ0v) is 15.8. The minimum Gasteiger partial charge on any atom is -0.496 e. The molecule has 0 bridgehead atoms. The third kappa shape index (κ3) is 5.21. The van der Waals surface area contributed by atoms with Crippen molar-refractivity contribution in [2.45, 2.75) is 0 Å². The summed E-state index contributed by atoms with van der Waals surface area (Å²) in [5.74, 6) is -0.0131. The summed E-state index contributed by atoms with van der Waals surface area (Å²) in [6.45, 7) is -0.453. The molecule has 0 aliphatic carbocycles. The Morgan fingerprint density at radius 1 is 1.23 bits per heavy atom. The zero-order chi connectivity index (χ0) is 19.2. The van der Waals surface area contributed by atoms with Crippen molar-refractivity contribution in [1.29, 1.82) is 0 Å². The van der Waals surface area contributed by atoms with Crippen LogP contribution in [0, 0.1) is 0 Å². The van der Waals surface area contributed by atoms with Gasteiger partial charge in [-0.1, -0.05) is 35.9 Å². The number of nitrogens with zero attached hydrogens (tertiary/aromatic N) is 2. The molecular formula is C17H18ClN3O4S. The van der Waals surface area contributed by atoms with Gasteiger partial charge in [0.05, 0.1) is 30.3 Å². The molecule has 0 spiro atoms. The fourth-order valence-corrected chi connectivity index (χ4v) is 3.30. The van der Waals surface area contributed by atoms with Crippen LogP contribution in [0.25, 0.3) is 0 Å². The Kier molecular flexibility index (Phi) is 6.59. The summed E-state index contributed by atoms with van der Waals surface area (Å²) < 4.78 is 30.2. The number of halogens is 1. The minimum atomic E-state index is -3.71. The number of rotatable bonds is 7. The van der Waals surface area contributed by atoms with Crippen LogP contribution in [0.15, 0.2) is 53.6 Å². The van der Waals surface area contributed by atoms with Gasteiger partial charge < -0.3 is 4.74 Å². The summed E-state index contributed by atoms with van der Waals surface area (Å²) in [5.41, 5.74) is 3.19. The fraction of sp³-hybridized carbons (Fsp3) is 0.176. The summed E-state index contributed by atoms with van der Waals surface area (Å²) in [6, 6.07) is 13.5. The number of benzene rings is 2. The van der Waals surface area contributed by atoms with E-state index >= 15 is 0 Å². The minimum absolute atomic E-state index is 0.223. The van der Waals surface area contributed by atoms with Gasteiger partial charge in [-0.3, -0.25) is 9.10 Å². The second-order valence-electron chi connectivity index (χ2n) is 5.26. The molecule has 7 nitrogen and oxygen atoms in total. The molecule has 0 heterocycles. The van der Waals surface area contributed by atoms with Crippen molar-refractivity contribution >= 4 is 39.4 Å². The third-order valence-electron chi connectivity index (χ3n) is 3.34. The van der Waals surface area contributed by atoms with Crippen LogP contribution in [-0.4, -0.2) is 40.4 Å². The van der Waals surface area contributed by atoms with Crippen molar-refractivity contribution < 1.29 is 17.9 Å². The van der Waals surface area contributed by atoms with Crippen molar-refractivity contribution in [2.24, 2.45) is 5.10 Å². The first-order valence-electron chi connectivity index (χ1n) is 7.50. The van der Waals surface area contributed by atoms with Crippen LogP contribution in [0.5, 0.6) is 5.75 Å². The summed E-state index contributed by atoms with van der Waals surface area (Å²) in [6.07, 6.45) is 2.42. The molecule has 1 amide bonds. The lowest BCUT2D eigenvalue weighted by Crippen LogP contribution is -2.39. The number of methoxy groups -OCH3 is 1. The Morgan fingerprint density at radius 3 is 2.54 bits per heavy atom. The summed E-state index contributed by atoms with van der Waals surface area (Å²) in [5, 5.41) is 4.07. The van der Waals surface area contributed by atoms with E-state index in [0.717, 1.165) is 10.6 Å². The van der Waals surface area contributed by atoms with Crippen molar-refractivity contribution in [1.82, 2.24) is 5.43 Å². The number of para-hydroxylation sites is 2. The van der Waals surface area contributed by atoms with Gasteiger partial charge in [0.15, 0.2) is 0 Å². The predicted octanol–water partition coefficient (Wildman–Crippen LogP) is 2.26. The van der Waals surface area contributed by atoms with E-state index < -0.39 is 22.5 Å². The van der Waals surface area contributed by atoms with Gasteiger partial charge in [-0.05, 0) is 24.3 Å². The maximum absolute atomic E-state index is 12.1. The lowest BCUT2D eigenvalue weighted by atomic mass is 10.2. The monoisotopic (exact) mass is 395 g/mol. The SMILES string of the molecule is COc1ccccc1/C=N\NC(=O)CN(c1ccccc1Cl)S(C)(=O)=O. The van der Waals surface area contributed by atoms with Gasteiger partial charge in [0, 0.05) is 5.56 Å². The molecule has 0 radical (unpaired) electrons. The van der Waals surface area contributed by atoms with Crippen LogP contribution in [0.2, 0.25) is 5.02 Å². The van der Waals surface area contributed by atoms with Crippen LogP contribution in [0.1, 0.15) is 5.56 Å². The highest BCUT2D eigenvalue weighted by Crippen LogP contribution is 2.26. The van der Waals surface area contributed by atoms with E-state index in [0.29, 0.717) is 11.3 Å². The van der Waals surface area contributed by atoms with E-state index in [1.807, 2.05) is 6.07 Å². The molecule has 0 saturated carbocycles. The first kappa shape index (κ1) is 19.7. The molecule has 26 heavy (non-hydrogen) atoms. The molecule has 0 unspecified atom stereocenters. The molecule has 2 aromatic rings. The van der Waals surface area contributed by atoms with Crippen molar-refractivity contribution in [2.75, 3.05) is 24.2 Å². The van der Waals surface area contributed by atoms with E-state index in [9.17, 15) is 13.2 Å². The van der Waals surface area contributed by atoms with Crippen LogP contribution < -0.4 is 14.5 Å². The third-order valence-corrected chi connectivity index (χ3v) is 4.79. The second kappa shape index (κ2) is 8.68. The largest absolute Gasteiger partial charge is 0.496 e. The van der Waals surface area contributed by atoms with E-state index in [1.165, 1.54) is 19.4 Å². The number of anilines is 1. The van der Waals surface area contributed by atoms with E-state index in [2.05, 4.69) is 10.5 Å². The van der Waals surface area contributed by atoms with Crippen LogP contribution in [-0.2, 0) is 14.8 Å². The Labute approximate surface area is 157 Å². The lowest BCUT2D eigenvalue weighted by molar-refractivity contribution is -0.119. The number of ether oxygens (including phenoxy) is 1. The summed E-state index contributed by atoms with van der Waals surface area (Å²) in [7, 11) is -2.18. The van der Waals surface area contributed by atoms with Crippen molar-refractivity contribution in [3.63, 3.8) is 0 Å². The van der Waals surface area contributed by atoms with E-state index in [-0.39, 0.29) is 10.7 Å². The van der Waals surface area contributed by atoms with Gasteiger partial charge in [-0.15, -0.1) is 0 Å². The number of nitrogens with one attached hydrogen (secondary N) is 1. The molecule has 9 heteroatoms. The Balaban J connectivity index is 2.11. The molecule has 0 aromatic heterocycles. The van der Waals surface area contributed by atoms with Gasteiger partial charge in [-0.25, -0.2) is 13.8 Å². The lowest BCUT2D eigenvalue weighted by Gasteiger charge is -2.22. The number of carbonyl (C=O) groups is 1. The van der Waals surface area contributed by atoms with Crippen molar-refractivity contribution in [3.8, 4) is 5.75 Å². The Hall–Kier alpha value is -2.58. The molecular weight excluding hydrogens is 378 g/mol. The predicted molar refractivity (Wildman–Crippen MR) is 102 cm³/mol. The highest BCUT2D eigenvalue weighted by atomic mass is 35.5. The smallest absolute Gasteiger partial charge is 0.260 e.